The van der Waals surface area contributed by atoms with Gasteiger partial charge in [0.05, 0.1) is 17.7 Å². The van der Waals surface area contributed by atoms with E-state index >= 15 is 0 Å². The van der Waals surface area contributed by atoms with Gasteiger partial charge in [-0.15, -0.1) is 0 Å². The first-order valence-corrected chi connectivity index (χ1v) is 12.4. The number of hydrogen-bond acceptors (Lipinski definition) is 8. The summed E-state index contributed by atoms with van der Waals surface area (Å²) in [5.41, 5.74) is 1.23. The zero-order valence-corrected chi connectivity index (χ0v) is 21.2. The van der Waals surface area contributed by atoms with Crippen molar-refractivity contribution in [2.75, 3.05) is 29.9 Å². The fourth-order valence-corrected chi connectivity index (χ4v) is 5.77. The van der Waals surface area contributed by atoms with E-state index in [1.165, 1.54) is 12.0 Å². The van der Waals surface area contributed by atoms with Crippen LogP contribution < -0.4 is 9.80 Å². The van der Waals surface area contributed by atoms with Crippen LogP contribution in [0.5, 0.6) is 0 Å². The van der Waals surface area contributed by atoms with Crippen LogP contribution in [0.15, 0.2) is 24.7 Å². The quantitative estimate of drug-likeness (QED) is 0.653. The number of likely N-dealkylation sites (N-methyl/N-ethyl adjacent to an activating group) is 1. The second-order valence-corrected chi connectivity index (χ2v) is 11.0. The molecule has 0 unspecified atom stereocenters. The van der Waals surface area contributed by atoms with Crippen molar-refractivity contribution in [3.8, 4) is 6.07 Å². The van der Waals surface area contributed by atoms with E-state index in [-0.39, 0.29) is 23.6 Å². The average molecular weight is 476 g/mol. The first kappa shape index (κ1) is 23.3. The van der Waals surface area contributed by atoms with Crippen LogP contribution in [0.1, 0.15) is 64.5 Å². The summed E-state index contributed by atoms with van der Waals surface area (Å²) in [6.07, 6.45) is 7.20. The Hall–Kier alpha value is -3.41. The number of amides is 1. The maximum Gasteiger partial charge on any atom is 0.410 e. The van der Waals surface area contributed by atoms with Crippen molar-refractivity contribution in [1.29, 1.82) is 5.26 Å². The number of carbonyl (C=O) groups excluding carboxylic acids is 1. The highest BCUT2D eigenvalue weighted by Crippen LogP contribution is 2.56. The fourth-order valence-electron chi connectivity index (χ4n) is 5.77. The molecule has 4 heterocycles. The molecule has 9 heteroatoms. The summed E-state index contributed by atoms with van der Waals surface area (Å²) in [4.78, 5) is 33.0. The van der Waals surface area contributed by atoms with Crippen molar-refractivity contribution in [1.82, 2.24) is 19.9 Å². The number of anilines is 3. The van der Waals surface area contributed by atoms with Gasteiger partial charge in [0.2, 0.25) is 0 Å². The Bertz CT molecular complexity index is 1180. The Balaban J connectivity index is 1.47. The smallest absolute Gasteiger partial charge is 0.410 e. The summed E-state index contributed by atoms with van der Waals surface area (Å²) in [5, 5.41) is 9.38. The minimum atomic E-state index is -0.530. The molecule has 3 aliphatic rings. The maximum absolute atomic E-state index is 12.8. The summed E-state index contributed by atoms with van der Waals surface area (Å²) in [6, 6.07) is 5.87. The number of nitriles is 1. The van der Waals surface area contributed by atoms with Crippen LogP contribution >= 0.6 is 0 Å². The Labute approximate surface area is 206 Å². The van der Waals surface area contributed by atoms with Gasteiger partial charge in [-0.3, -0.25) is 0 Å². The van der Waals surface area contributed by atoms with E-state index in [1.54, 1.807) is 23.5 Å². The molecule has 1 aliphatic carbocycles. The zero-order chi connectivity index (χ0) is 25.0. The van der Waals surface area contributed by atoms with Crippen molar-refractivity contribution in [2.24, 2.45) is 0 Å². The minimum absolute atomic E-state index is 0.00880. The standard InChI is InChI=1S/C26H33N7O2/c1-17-19(31(5)24(34)35-25(2,3)4)8-12-32(17)22-21-23(30-16-29-22)33(15-26(21)9-6-10-26)20-13-18(14-27)7-11-28-20/h7,11,13,16-17,19H,6,8-10,12,15H2,1-5H3/t17-,19-/m1/s1. The first-order valence-electron chi connectivity index (χ1n) is 12.4. The first-order chi connectivity index (χ1) is 16.6. The third-order valence-electron chi connectivity index (χ3n) is 7.68. The zero-order valence-electron chi connectivity index (χ0n) is 21.2. The number of nitrogens with zero attached hydrogens (tertiary/aromatic N) is 7. The third-order valence-corrected chi connectivity index (χ3v) is 7.68. The van der Waals surface area contributed by atoms with E-state index < -0.39 is 5.60 Å². The van der Waals surface area contributed by atoms with E-state index in [1.807, 2.05) is 33.9 Å². The fraction of sp³-hybridized carbons (Fsp3) is 0.577. The summed E-state index contributed by atoms with van der Waals surface area (Å²) >= 11 is 0. The normalized spacial score (nSPS) is 22.5. The summed E-state index contributed by atoms with van der Waals surface area (Å²) in [5.74, 6) is 2.59. The lowest BCUT2D eigenvalue weighted by atomic mass is 9.66. The van der Waals surface area contributed by atoms with Crippen LogP contribution in [0, 0.1) is 11.3 Å². The maximum atomic E-state index is 12.8. The van der Waals surface area contributed by atoms with Crippen molar-refractivity contribution >= 4 is 23.5 Å². The van der Waals surface area contributed by atoms with Crippen molar-refractivity contribution in [3.05, 3.63) is 35.8 Å². The van der Waals surface area contributed by atoms with Crippen LogP contribution in [0.2, 0.25) is 0 Å². The van der Waals surface area contributed by atoms with E-state index in [9.17, 15) is 10.1 Å². The second kappa shape index (κ2) is 8.36. The van der Waals surface area contributed by atoms with Gasteiger partial charge in [0.1, 0.15) is 29.4 Å². The number of pyridine rings is 1. The monoisotopic (exact) mass is 475 g/mol. The Kier molecular flexibility index (Phi) is 5.58. The molecule has 2 atom stereocenters. The van der Waals surface area contributed by atoms with Crippen molar-refractivity contribution < 1.29 is 9.53 Å². The number of hydrogen-bond donors (Lipinski definition) is 0. The Morgan fingerprint density at radius 1 is 1.26 bits per heavy atom. The number of rotatable bonds is 3. The summed E-state index contributed by atoms with van der Waals surface area (Å²) in [7, 11) is 1.83. The van der Waals surface area contributed by atoms with E-state index in [0.717, 1.165) is 49.8 Å². The molecule has 1 saturated heterocycles. The van der Waals surface area contributed by atoms with Crippen molar-refractivity contribution in [3.63, 3.8) is 0 Å². The Morgan fingerprint density at radius 3 is 2.66 bits per heavy atom. The largest absolute Gasteiger partial charge is 0.444 e. The highest BCUT2D eigenvalue weighted by Gasteiger charge is 2.52. The third kappa shape index (κ3) is 3.95. The molecule has 0 N–H and O–H groups in total. The molecule has 2 aliphatic heterocycles. The lowest BCUT2D eigenvalue weighted by Gasteiger charge is -2.41. The lowest BCUT2D eigenvalue weighted by molar-refractivity contribution is 0.0218. The molecule has 2 aromatic heterocycles. The highest BCUT2D eigenvalue weighted by molar-refractivity contribution is 5.75. The minimum Gasteiger partial charge on any atom is -0.444 e. The number of fused-ring (bicyclic) bond motifs is 2. The molecule has 0 radical (unpaired) electrons. The van der Waals surface area contributed by atoms with Gasteiger partial charge in [0.15, 0.2) is 0 Å². The molecule has 5 rings (SSSR count). The SMILES string of the molecule is C[C@@H]1[C@H](N(C)C(=O)OC(C)(C)C)CCN1c1ncnc2c1C1(CCC1)CN2c1cc(C#N)ccn1. The van der Waals surface area contributed by atoms with Gasteiger partial charge in [-0.25, -0.2) is 19.7 Å². The molecule has 184 valence electrons. The van der Waals surface area contributed by atoms with Gasteiger partial charge in [-0.05, 0) is 59.1 Å². The van der Waals surface area contributed by atoms with Crippen LogP contribution in [0.4, 0.5) is 22.2 Å². The lowest BCUT2D eigenvalue weighted by Crippen LogP contribution is -2.47. The molecule has 1 spiro atoms. The van der Waals surface area contributed by atoms with Gasteiger partial charge < -0.3 is 19.4 Å². The molecule has 2 aromatic rings. The molecule has 2 fully saturated rings. The van der Waals surface area contributed by atoms with Gasteiger partial charge >= 0.3 is 6.09 Å². The number of ether oxygens (including phenoxy) is 1. The van der Waals surface area contributed by atoms with Crippen LogP contribution in [-0.4, -0.2) is 63.8 Å². The topological polar surface area (TPSA) is 98.5 Å². The number of aromatic nitrogens is 3. The molecule has 9 nitrogen and oxygen atoms in total. The Morgan fingerprint density at radius 2 is 2.00 bits per heavy atom. The van der Waals surface area contributed by atoms with Gasteiger partial charge in [0, 0.05) is 43.4 Å². The average Bonchev–Trinajstić information content (AvgIpc) is 3.36. The second-order valence-electron chi connectivity index (χ2n) is 11.0. The molecular weight excluding hydrogens is 442 g/mol. The van der Waals surface area contributed by atoms with Crippen LogP contribution in [0.25, 0.3) is 0 Å². The van der Waals surface area contributed by atoms with Gasteiger partial charge in [0.25, 0.3) is 0 Å². The molecule has 1 saturated carbocycles. The molecule has 0 bridgehead atoms. The van der Waals surface area contributed by atoms with E-state index in [2.05, 4.69) is 27.8 Å². The highest BCUT2D eigenvalue weighted by atomic mass is 16.6. The van der Waals surface area contributed by atoms with E-state index in [0.29, 0.717) is 5.56 Å². The van der Waals surface area contributed by atoms with E-state index in [4.69, 9.17) is 14.7 Å². The molecule has 1 amide bonds. The predicted molar refractivity (Wildman–Crippen MR) is 133 cm³/mol. The molecular formula is C26H33N7O2. The molecule has 35 heavy (non-hydrogen) atoms. The van der Waals surface area contributed by atoms with Gasteiger partial charge in [-0.1, -0.05) is 6.42 Å². The molecule has 0 aromatic carbocycles. The predicted octanol–water partition coefficient (Wildman–Crippen LogP) is 4.15. The summed E-state index contributed by atoms with van der Waals surface area (Å²) in [6.45, 7) is 9.42. The van der Waals surface area contributed by atoms with Crippen LogP contribution in [0.3, 0.4) is 0 Å². The number of carbonyl (C=O) groups is 1. The van der Waals surface area contributed by atoms with Crippen molar-refractivity contribution in [2.45, 2.75) is 76.5 Å². The van der Waals surface area contributed by atoms with Crippen LogP contribution in [-0.2, 0) is 10.2 Å². The van der Waals surface area contributed by atoms with Gasteiger partial charge in [-0.2, -0.15) is 5.26 Å². The summed E-state index contributed by atoms with van der Waals surface area (Å²) < 4.78 is 5.62.